The SMILES string of the molecule is Cc1ccc2c(c1)O[C@@H](C(=O)NCC1(c3ccccc3)CCOCC1)CN2S(C)(=O)=O. The van der Waals surface area contributed by atoms with Gasteiger partial charge in [-0.2, -0.15) is 0 Å². The minimum atomic E-state index is -3.55. The third-order valence-electron chi connectivity index (χ3n) is 6.11. The van der Waals surface area contributed by atoms with Crippen LogP contribution in [0.4, 0.5) is 5.69 Å². The smallest absolute Gasteiger partial charge is 0.263 e. The van der Waals surface area contributed by atoms with Crippen molar-refractivity contribution in [3.63, 3.8) is 0 Å². The highest BCUT2D eigenvalue weighted by atomic mass is 32.2. The molecule has 0 bridgehead atoms. The first-order valence-electron chi connectivity index (χ1n) is 10.4. The van der Waals surface area contributed by atoms with Crippen LogP contribution in [0.25, 0.3) is 0 Å². The monoisotopic (exact) mass is 444 g/mol. The quantitative estimate of drug-likeness (QED) is 0.766. The van der Waals surface area contributed by atoms with Crippen LogP contribution in [-0.2, 0) is 25.0 Å². The Morgan fingerprint density at radius 3 is 2.55 bits per heavy atom. The maximum atomic E-state index is 13.1. The highest BCUT2D eigenvalue weighted by Gasteiger charge is 2.38. The number of fused-ring (bicyclic) bond motifs is 1. The number of rotatable bonds is 5. The van der Waals surface area contributed by atoms with Crippen molar-refractivity contribution in [1.82, 2.24) is 5.32 Å². The van der Waals surface area contributed by atoms with Crippen molar-refractivity contribution in [2.24, 2.45) is 0 Å². The number of carbonyl (C=O) groups excluding carboxylic acids is 1. The van der Waals surface area contributed by atoms with E-state index < -0.39 is 16.1 Å². The van der Waals surface area contributed by atoms with E-state index in [0.29, 0.717) is 31.2 Å². The second-order valence-electron chi connectivity index (χ2n) is 8.35. The number of nitrogens with one attached hydrogen (secondary N) is 1. The Hall–Kier alpha value is -2.58. The molecular weight excluding hydrogens is 416 g/mol. The first-order chi connectivity index (χ1) is 14.8. The van der Waals surface area contributed by atoms with Gasteiger partial charge in [0.2, 0.25) is 10.0 Å². The van der Waals surface area contributed by atoms with Crippen LogP contribution in [0.2, 0.25) is 0 Å². The van der Waals surface area contributed by atoms with Gasteiger partial charge in [0.15, 0.2) is 6.10 Å². The highest BCUT2D eigenvalue weighted by Crippen LogP contribution is 2.37. The van der Waals surface area contributed by atoms with Gasteiger partial charge < -0.3 is 14.8 Å². The van der Waals surface area contributed by atoms with Gasteiger partial charge in [-0.15, -0.1) is 0 Å². The van der Waals surface area contributed by atoms with E-state index in [1.165, 1.54) is 9.87 Å². The average molecular weight is 445 g/mol. The Morgan fingerprint density at radius 2 is 1.87 bits per heavy atom. The molecule has 2 aromatic rings. The number of sulfonamides is 1. The van der Waals surface area contributed by atoms with Gasteiger partial charge in [-0.3, -0.25) is 9.10 Å². The zero-order chi connectivity index (χ0) is 22.1. The van der Waals surface area contributed by atoms with E-state index in [2.05, 4.69) is 17.4 Å². The fraction of sp³-hybridized carbons (Fsp3) is 0.435. The molecule has 1 saturated heterocycles. The van der Waals surface area contributed by atoms with Gasteiger partial charge in [0.1, 0.15) is 5.75 Å². The second kappa shape index (κ2) is 8.51. The van der Waals surface area contributed by atoms with Gasteiger partial charge in [-0.25, -0.2) is 8.42 Å². The summed E-state index contributed by atoms with van der Waals surface area (Å²) in [5, 5.41) is 3.04. The minimum Gasteiger partial charge on any atom is -0.476 e. The van der Waals surface area contributed by atoms with E-state index in [-0.39, 0.29) is 17.9 Å². The molecule has 4 rings (SSSR count). The van der Waals surface area contributed by atoms with Gasteiger partial charge in [0.25, 0.3) is 5.91 Å². The molecular formula is C23H28N2O5S. The van der Waals surface area contributed by atoms with Crippen LogP contribution in [0, 0.1) is 6.92 Å². The molecule has 2 aliphatic heterocycles. The van der Waals surface area contributed by atoms with Gasteiger partial charge in [-0.05, 0) is 43.0 Å². The maximum absolute atomic E-state index is 13.1. The van der Waals surface area contributed by atoms with Crippen LogP contribution in [0.5, 0.6) is 5.75 Å². The number of carbonyl (C=O) groups is 1. The van der Waals surface area contributed by atoms with E-state index in [4.69, 9.17) is 9.47 Å². The molecule has 2 heterocycles. The van der Waals surface area contributed by atoms with Crippen LogP contribution in [0.3, 0.4) is 0 Å². The second-order valence-corrected chi connectivity index (χ2v) is 10.3. The summed E-state index contributed by atoms with van der Waals surface area (Å²) in [5.74, 6) is 0.0864. The molecule has 166 valence electrons. The molecule has 1 amide bonds. The molecule has 0 radical (unpaired) electrons. The Bertz CT molecular complexity index is 1050. The maximum Gasteiger partial charge on any atom is 0.263 e. The van der Waals surface area contributed by atoms with Crippen molar-refractivity contribution in [2.75, 3.05) is 36.9 Å². The fourth-order valence-corrected chi connectivity index (χ4v) is 5.22. The van der Waals surface area contributed by atoms with Gasteiger partial charge >= 0.3 is 0 Å². The molecule has 1 atom stereocenters. The molecule has 7 nitrogen and oxygen atoms in total. The summed E-state index contributed by atoms with van der Waals surface area (Å²) >= 11 is 0. The Kier molecular flexibility index (Phi) is 5.94. The third-order valence-corrected chi connectivity index (χ3v) is 7.26. The number of anilines is 1. The van der Waals surface area contributed by atoms with E-state index in [1.807, 2.05) is 31.2 Å². The Labute approximate surface area is 183 Å². The molecule has 0 saturated carbocycles. The van der Waals surface area contributed by atoms with E-state index >= 15 is 0 Å². The lowest BCUT2D eigenvalue weighted by Crippen LogP contribution is -2.53. The van der Waals surface area contributed by atoms with Gasteiger partial charge in [0.05, 0.1) is 18.5 Å². The van der Waals surface area contributed by atoms with Crippen LogP contribution in [-0.4, -0.2) is 53.0 Å². The van der Waals surface area contributed by atoms with Gasteiger partial charge in [-0.1, -0.05) is 36.4 Å². The Balaban J connectivity index is 1.54. The molecule has 1 N–H and O–H groups in total. The fourth-order valence-electron chi connectivity index (χ4n) is 4.30. The zero-order valence-corrected chi connectivity index (χ0v) is 18.7. The van der Waals surface area contributed by atoms with E-state index in [0.717, 1.165) is 24.7 Å². The molecule has 0 unspecified atom stereocenters. The van der Waals surface area contributed by atoms with Crippen molar-refractivity contribution < 1.29 is 22.7 Å². The molecule has 0 aliphatic carbocycles. The normalized spacial score (nSPS) is 20.5. The topological polar surface area (TPSA) is 84.9 Å². The van der Waals surface area contributed by atoms with Gasteiger partial charge in [0, 0.05) is 25.2 Å². The number of hydrogen-bond donors (Lipinski definition) is 1. The van der Waals surface area contributed by atoms with Crippen LogP contribution < -0.4 is 14.4 Å². The first-order valence-corrected chi connectivity index (χ1v) is 12.3. The number of ether oxygens (including phenoxy) is 2. The molecule has 0 spiro atoms. The van der Waals surface area contributed by atoms with Crippen molar-refractivity contribution >= 4 is 21.6 Å². The number of hydrogen-bond acceptors (Lipinski definition) is 5. The average Bonchev–Trinajstić information content (AvgIpc) is 2.77. The summed E-state index contributed by atoms with van der Waals surface area (Å²) in [6.45, 7) is 3.56. The summed E-state index contributed by atoms with van der Waals surface area (Å²) in [6.07, 6.45) is 1.83. The largest absolute Gasteiger partial charge is 0.476 e. The van der Waals surface area contributed by atoms with Crippen LogP contribution in [0.1, 0.15) is 24.0 Å². The lowest BCUT2D eigenvalue weighted by Gasteiger charge is -2.39. The van der Waals surface area contributed by atoms with Crippen molar-refractivity contribution in [2.45, 2.75) is 31.3 Å². The van der Waals surface area contributed by atoms with Crippen molar-refractivity contribution in [1.29, 1.82) is 0 Å². The minimum absolute atomic E-state index is 0.0534. The van der Waals surface area contributed by atoms with Crippen LogP contribution >= 0.6 is 0 Å². The van der Waals surface area contributed by atoms with Crippen LogP contribution in [0.15, 0.2) is 48.5 Å². The van der Waals surface area contributed by atoms with Crippen molar-refractivity contribution in [3.8, 4) is 5.75 Å². The first kappa shape index (κ1) is 21.6. The summed E-state index contributed by atoms with van der Waals surface area (Å²) in [6, 6.07) is 15.4. The molecule has 2 aromatic carbocycles. The molecule has 8 heteroatoms. The summed E-state index contributed by atoms with van der Waals surface area (Å²) < 4.78 is 37.5. The lowest BCUT2D eigenvalue weighted by atomic mass is 9.74. The summed E-state index contributed by atoms with van der Waals surface area (Å²) in [7, 11) is -3.55. The summed E-state index contributed by atoms with van der Waals surface area (Å²) in [4.78, 5) is 13.1. The predicted octanol–water partition coefficient (Wildman–Crippen LogP) is 2.39. The predicted molar refractivity (Wildman–Crippen MR) is 119 cm³/mol. The standard InChI is InChI=1S/C23H28N2O5S/c1-17-8-9-19-20(14-17)30-21(15-25(19)31(2,27)28)22(26)24-16-23(10-12-29-13-11-23)18-6-4-3-5-7-18/h3-9,14,21H,10-13,15-16H2,1-2H3,(H,24,26)/t21-/m1/s1. The summed E-state index contributed by atoms with van der Waals surface area (Å²) in [5.41, 5.74) is 2.34. The number of benzene rings is 2. The lowest BCUT2D eigenvalue weighted by molar-refractivity contribution is -0.128. The van der Waals surface area contributed by atoms with E-state index in [1.54, 1.807) is 12.1 Å². The molecule has 31 heavy (non-hydrogen) atoms. The Morgan fingerprint density at radius 1 is 1.16 bits per heavy atom. The van der Waals surface area contributed by atoms with E-state index in [9.17, 15) is 13.2 Å². The third kappa shape index (κ3) is 4.55. The molecule has 0 aromatic heterocycles. The molecule has 2 aliphatic rings. The van der Waals surface area contributed by atoms with Crippen molar-refractivity contribution in [3.05, 3.63) is 59.7 Å². The molecule has 1 fully saturated rings. The number of nitrogens with zero attached hydrogens (tertiary/aromatic N) is 1. The number of amides is 1. The zero-order valence-electron chi connectivity index (χ0n) is 17.8. The number of aryl methyl sites for hydroxylation is 1. The highest BCUT2D eigenvalue weighted by molar-refractivity contribution is 7.92.